The van der Waals surface area contributed by atoms with Gasteiger partial charge in [0.05, 0.1) is 0 Å². The van der Waals surface area contributed by atoms with Gasteiger partial charge in [-0.15, -0.1) is 0 Å². The van der Waals surface area contributed by atoms with E-state index in [1.807, 2.05) is 30.3 Å². The molecule has 8 nitrogen and oxygen atoms in total. The number of rotatable bonds is 7. The molecule has 2 atom stereocenters. The Bertz CT molecular complexity index is 766. The van der Waals surface area contributed by atoms with Gasteiger partial charge in [-0.3, -0.25) is 0 Å². The largest absolute Gasteiger partial charge is 0.477 e. The van der Waals surface area contributed by atoms with Crippen molar-refractivity contribution in [1.82, 2.24) is 10.3 Å². The number of hydrogen-bond acceptors (Lipinski definition) is 6. The molecule has 2 rings (SSSR count). The van der Waals surface area contributed by atoms with E-state index in [0.717, 1.165) is 5.56 Å². The van der Waals surface area contributed by atoms with E-state index in [4.69, 9.17) is 9.84 Å². The minimum atomic E-state index is -1.33. The first-order chi connectivity index (χ1) is 12.4. The fourth-order valence-corrected chi connectivity index (χ4v) is 2.28. The Labute approximate surface area is 150 Å². The summed E-state index contributed by atoms with van der Waals surface area (Å²) in [4.78, 5) is 26.3. The van der Waals surface area contributed by atoms with E-state index in [9.17, 15) is 19.8 Å². The summed E-state index contributed by atoms with van der Waals surface area (Å²) in [6, 6.07) is 10.5. The molecule has 0 radical (unpaired) electrons. The third-order valence-corrected chi connectivity index (χ3v) is 3.68. The SMILES string of the molecule is Cc1cc(C(O)C(O)CNC(=O)OCc2ccccc2)cnc1C(=O)O. The fraction of sp³-hybridized carbons (Fsp3) is 0.278. The molecular formula is C18H20N2O6. The highest BCUT2D eigenvalue weighted by molar-refractivity contribution is 5.86. The Morgan fingerprint density at radius 3 is 2.54 bits per heavy atom. The Hall–Kier alpha value is -2.97. The minimum absolute atomic E-state index is 0.0884. The zero-order valence-corrected chi connectivity index (χ0v) is 14.1. The summed E-state index contributed by atoms with van der Waals surface area (Å²) in [6.45, 7) is 1.39. The smallest absolute Gasteiger partial charge is 0.407 e. The average Bonchev–Trinajstić information content (AvgIpc) is 2.64. The van der Waals surface area contributed by atoms with Crippen LogP contribution in [0.15, 0.2) is 42.6 Å². The number of carbonyl (C=O) groups excluding carboxylic acids is 1. The van der Waals surface area contributed by atoms with Crippen molar-refractivity contribution in [2.24, 2.45) is 0 Å². The van der Waals surface area contributed by atoms with Crippen molar-refractivity contribution < 1.29 is 29.6 Å². The van der Waals surface area contributed by atoms with Gasteiger partial charge >= 0.3 is 12.1 Å². The quantitative estimate of drug-likeness (QED) is 0.587. The molecule has 0 aliphatic rings. The maximum Gasteiger partial charge on any atom is 0.407 e. The molecule has 1 amide bonds. The Balaban J connectivity index is 1.84. The number of aliphatic hydroxyl groups is 2. The van der Waals surface area contributed by atoms with Crippen molar-refractivity contribution in [2.45, 2.75) is 25.7 Å². The van der Waals surface area contributed by atoms with Gasteiger partial charge in [0.15, 0.2) is 5.69 Å². The monoisotopic (exact) mass is 360 g/mol. The number of nitrogens with one attached hydrogen (secondary N) is 1. The van der Waals surface area contributed by atoms with Crippen LogP contribution in [0.1, 0.15) is 33.3 Å². The van der Waals surface area contributed by atoms with E-state index in [-0.39, 0.29) is 24.4 Å². The lowest BCUT2D eigenvalue weighted by Crippen LogP contribution is -2.35. The molecule has 2 unspecified atom stereocenters. The molecule has 0 bridgehead atoms. The van der Waals surface area contributed by atoms with Gasteiger partial charge in [0.25, 0.3) is 0 Å². The Morgan fingerprint density at radius 1 is 1.23 bits per heavy atom. The molecule has 1 aromatic heterocycles. The van der Waals surface area contributed by atoms with Crippen LogP contribution in [0.4, 0.5) is 4.79 Å². The van der Waals surface area contributed by atoms with E-state index >= 15 is 0 Å². The highest BCUT2D eigenvalue weighted by Crippen LogP contribution is 2.18. The highest BCUT2D eigenvalue weighted by atomic mass is 16.5. The highest BCUT2D eigenvalue weighted by Gasteiger charge is 2.21. The normalized spacial score (nSPS) is 12.9. The summed E-state index contributed by atoms with van der Waals surface area (Å²) < 4.78 is 5.00. The molecule has 0 spiro atoms. The fourth-order valence-electron chi connectivity index (χ4n) is 2.28. The first-order valence-electron chi connectivity index (χ1n) is 7.89. The number of carboxylic acids is 1. The van der Waals surface area contributed by atoms with Gasteiger partial charge < -0.3 is 25.4 Å². The number of amides is 1. The number of ether oxygens (including phenoxy) is 1. The van der Waals surface area contributed by atoms with Gasteiger partial charge in [0, 0.05) is 18.3 Å². The lowest BCUT2D eigenvalue weighted by atomic mass is 10.0. The summed E-state index contributed by atoms with van der Waals surface area (Å²) in [5, 5.41) is 31.5. The number of aromatic carboxylic acids is 1. The molecule has 0 fully saturated rings. The van der Waals surface area contributed by atoms with E-state index in [0.29, 0.717) is 5.56 Å². The van der Waals surface area contributed by atoms with Gasteiger partial charge in [0.2, 0.25) is 0 Å². The number of aryl methyl sites for hydroxylation is 1. The molecule has 2 aromatic rings. The number of carboxylic acid groups (broad SMARTS) is 1. The number of nitrogens with zero attached hydrogens (tertiary/aromatic N) is 1. The second kappa shape index (κ2) is 8.93. The summed E-state index contributed by atoms with van der Waals surface area (Å²) >= 11 is 0. The predicted molar refractivity (Wildman–Crippen MR) is 91.5 cm³/mol. The Morgan fingerprint density at radius 2 is 1.92 bits per heavy atom. The number of aromatic nitrogens is 1. The molecule has 0 aliphatic carbocycles. The third-order valence-electron chi connectivity index (χ3n) is 3.68. The second-order valence-electron chi connectivity index (χ2n) is 5.69. The lowest BCUT2D eigenvalue weighted by Gasteiger charge is -2.19. The summed E-state index contributed by atoms with van der Waals surface area (Å²) in [7, 11) is 0. The number of pyridine rings is 1. The molecule has 1 aromatic carbocycles. The van der Waals surface area contributed by atoms with Gasteiger partial charge in [-0.25, -0.2) is 14.6 Å². The van der Waals surface area contributed by atoms with Gasteiger partial charge in [-0.2, -0.15) is 0 Å². The molecule has 138 valence electrons. The van der Waals surface area contributed by atoms with Crippen LogP contribution in [-0.4, -0.2) is 45.0 Å². The number of alkyl carbamates (subject to hydrolysis) is 1. The first-order valence-corrected chi connectivity index (χ1v) is 7.89. The van der Waals surface area contributed by atoms with Crippen molar-refractivity contribution in [1.29, 1.82) is 0 Å². The summed E-state index contributed by atoms with van der Waals surface area (Å²) in [5.41, 5.74) is 1.30. The van der Waals surface area contributed by atoms with Crippen LogP contribution in [-0.2, 0) is 11.3 Å². The zero-order valence-electron chi connectivity index (χ0n) is 14.1. The number of benzene rings is 1. The molecule has 0 saturated carbocycles. The minimum Gasteiger partial charge on any atom is -0.477 e. The van der Waals surface area contributed by atoms with Crippen LogP contribution in [0.25, 0.3) is 0 Å². The molecule has 4 N–H and O–H groups in total. The van der Waals surface area contributed by atoms with Crippen molar-refractivity contribution in [3.8, 4) is 0 Å². The van der Waals surface area contributed by atoms with Crippen LogP contribution < -0.4 is 5.32 Å². The third kappa shape index (κ3) is 5.27. The lowest BCUT2D eigenvalue weighted by molar-refractivity contribution is 0.0181. The molecule has 0 saturated heterocycles. The van der Waals surface area contributed by atoms with Crippen molar-refractivity contribution in [3.63, 3.8) is 0 Å². The van der Waals surface area contributed by atoms with Crippen LogP contribution in [0.5, 0.6) is 0 Å². The predicted octanol–water partition coefficient (Wildman–Crippen LogP) is 1.41. The van der Waals surface area contributed by atoms with Gasteiger partial charge in [-0.1, -0.05) is 30.3 Å². The van der Waals surface area contributed by atoms with Gasteiger partial charge in [-0.05, 0) is 24.1 Å². The second-order valence-corrected chi connectivity index (χ2v) is 5.69. The van der Waals surface area contributed by atoms with E-state index in [1.54, 1.807) is 0 Å². The molecule has 1 heterocycles. The number of aliphatic hydroxyl groups excluding tert-OH is 2. The zero-order chi connectivity index (χ0) is 19.1. The average molecular weight is 360 g/mol. The molecule has 26 heavy (non-hydrogen) atoms. The molecular weight excluding hydrogens is 340 g/mol. The topological polar surface area (TPSA) is 129 Å². The van der Waals surface area contributed by atoms with Crippen molar-refractivity contribution in [3.05, 3.63) is 65.0 Å². The first kappa shape index (κ1) is 19.4. The number of hydrogen-bond donors (Lipinski definition) is 4. The standard InChI is InChI=1S/C18H20N2O6/c1-11-7-13(8-19-15(11)17(23)24)16(22)14(21)9-20-18(25)26-10-12-5-3-2-4-6-12/h2-8,14,16,21-22H,9-10H2,1H3,(H,20,25)(H,23,24). The van der Waals surface area contributed by atoms with E-state index in [1.165, 1.54) is 19.2 Å². The summed E-state index contributed by atoms with van der Waals surface area (Å²) in [6.07, 6.45) is -2.19. The molecule has 0 aliphatic heterocycles. The van der Waals surface area contributed by atoms with Gasteiger partial charge in [0.1, 0.15) is 18.8 Å². The van der Waals surface area contributed by atoms with Crippen LogP contribution in [0.3, 0.4) is 0 Å². The van der Waals surface area contributed by atoms with Crippen molar-refractivity contribution >= 4 is 12.1 Å². The maximum atomic E-state index is 11.6. The Kier molecular flexibility index (Phi) is 6.65. The van der Waals surface area contributed by atoms with Crippen molar-refractivity contribution in [2.75, 3.05) is 6.54 Å². The van der Waals surface area contributed by atoms with Crippen LogP contribution >= 0.6 is 0 Å². The maximum absolute atomic E-state index is 11.6. The molecule has 8 heteroatoms. The van der Waals surface area contributed by atoms with Crippen LogP contribution in [0, 0.1) is 6.92 Å². The van der Waals surface area contributed by atoms with E-state index in [2.05, 4.69) is 10.3 Å². The summed E-state index contributed by atoms with van der Waals surface area (Å²) in [5.74, 6) is -1.17. The van der Waals surface area contributed by atoms with Crippen LogP contribution in [0.2, 0.25) is 0 Å². The number of carbonyl (C=O) groups is 2. The van der Waals surface area contributed by atoms with E-state index < -0.39 is 24.3 Å².